The topological polar surface area (TPSA) is 18.5 Å². The van der Waals surface area contributed by atoms with E-state index in [0.29, 0.717) is 12.6 Å². The maximum absolute atomic E-state index is 5.56. The van der Waals surface area contributed by atoms with Crippen molar-refractivity contribution in [1.82, 2.24) is 0 Å². The predicted octanol–water partition coefficient (Wildman–Crippen LogP) is 4.11. The van der Waals surface area contributed by atoms with Crippen LogP contribution in [0, 0.1) is 0 Å². The molecule has 0 amide bonds. The molecule has 1 aliphatic rings. The Morgan fingerprint density at radius 3 is 2.47 bits per heavy atom. The molecule has 2 aromatic carbocycles. The smallest absolute Gasteiger partial charge is 0.277 e. The third-order valence-corrected chi connectivity index (χ3v) is 3.01. The average molecular weight is 250 g/mol. The van der Waals surface area contributed by atoms with E-state index in [9.17, 15) is 0 Å². The van der Waals surface area contributed by atoms with Crippen LogP contribution in [-0.2, 0) is 4.74 Å². The Morgan fingerprint density at radius 1 is 0.895 bits per heavy atom. The molecular weight excluding hydrogens is 236 g/mol. The highest BCUT2D eigenvalue weighted by atomic mass is 16.7. The molecule has 2 heteroatoms. The first-order chi connectivity index (χ1) is 9.33. The number of ether oxygens (including phenoxy) is 2. The van der Waals surface area contributed by atoms with Crippen molar-refractivity contribution in [2.75, 3.05) is 6.61 Å². The van der Waals surface area contributed by atoms with Crippen LogP contribution in [0.15, 0.2) is 67.1 Å². The predicted molar refractivity (Wildman–Crippen MR) is 76.5 cm³/mol. The fourth-order valence-corrected chi connectivity index (χ4v) is 2.05. The maximum Gasteiger partial charge on any atom is 0.277 e. The number of benzene rings is 2. The molecule has 0 spiro atoms. The third-order valence-electron chi connectivity index (χ3n) is 3.01. The number of fused-ring (bicyclic) bond motifs is 1. The van der Waals surface area contributed by atoms with E-state index in [-0.39, 0.29) is 0 Å². The molecule has 0 atom stereocenters. The van der Waals surface area contributed by atoms with Gasteiger partial charge in [0, 0.05) is 5.56 Å². The number of para-hydroxylation sites is 1. The lowest BCUT2D eigenvalue weighted by Gasteiger charge is -2.18. The first-order valence-electron chi connectivity index (χ1n) is 6.17. The summed E-state index contributed by atoms with van der Waals surface area (Å²) in [6, 6.07) is 18.1. The summed E-state index contributed by atoms with van der Waals surface area (Å²) in [5.74, 6) is 1.09. The molecule has 2 aromatic rings. The van der Waals surface area contributed by atoms with E-state index in [2.05, 4.69) is 24.8 Å². The van der Waals surface area contributed by atoms with Crippen molar-refractivity contribution in [2.45, 2.75) is 0 Å². The van der Waals surface area contributed by atoms with Gasteiger partial charge in [-0.3, -0.25) is 0 Å². The molecule has 0 aliphatic carbocycles. The second-order valence-corrected chi connectivity index (χ2v) is 4.34. The lowest BCUT2D eigenvalue weighted by atomic mass is 10.0. The van der Waals surface area contributed by atoms with E-state index < -0.39 is 0 Å². The first-order valence-corrected chi connectivity index (χ1v) is 6.17. The van der Waals surface area contributed by atoms with Gasteiger partial charge in [-0.1, -0.05) is 48.5 Å². The molecule has 0 N–H and O–H groups in total. The van der Waals surface area contributed by atoms with Gasteiger partial charge in [-0.25, -0.2) is 0 Å². The monoisotopic (exact) mass is 250 g/mol. The molecule has 0 saturated carbocycles. The Balaban J connectivity index is 2.09. The SMILES string of the molecule is C=C1OC/C(c2ccccc2)=C\c2ccccc2O1. The quantitative estimate of drug-likeness (QED) is 0.758. The average Bonchev–Trinajstić information content (AvgIpc) is 2.44. The van der Waals surface area contributed by atoms with E-state index in [4.69, 9.17) is 9.47 Å². The minimum absolute atomic E-state index is 0.328. The maximum atomic E-state index is 5.56. The van der Waals surface area contributed by atoms with Crippen LogP contribution in [0.1, 0.15) is 11.1 Å². The van der Waals surface area contributed by atoms with Crippen LogP contribution in [0.25, 0.3) is 11.6 Å². The molecule has 0 saturated heterocycles. The van der Waals surface area contributed by atoms with Gasteiger partial charge in [0.15, 0.2) is 0 Å². The van der Waals surface area contributed by atoms with E-state index in [1.807, 2.05) is 42.5 Å². The highest BCUT2D eigenvalue weighted by molar-refractivity contribution is 5.83. The van der Waals surface area contributed by atoms with Gasteiger partial charge in [0.25, 0.3) is 5.95 Å². The second-order valence-electron chi connectivity index (χ2n) is 4.34. The lowest BCUT2D eigenvalue weighted by Crippen LogP contribution is -2.06. The molecule has 0 unspecified atom stereocenters. The lowest BCUT2D eigenvalue weighted by molar-refractivity contribution is 0.131. The van der Waals surface area contributed by atoms with E-state index in [1.165, 1.54) is 0 Å². The van der Waals surface area contributed by atoms with Crippen molar-refractivity contribution in [3.8, 4) is 5.75 Å². The van der Waals surface area contributed by atoms with Crippen LogP contribution < -0.4 is 4.74 Å². The normalized spacial score (nSPS) is 17.1. The standard InChI is InChI=1S/C17H14O2/c1-13-18-12-16(14-7-3-2-4-8-14)11-15-9-5-6-10-17(15)19-13/h2-11H,1,12H2/b16-11+. The van der Waals surface area contributed by atoms with Crippen molar-refractivity contribution in [2.24, 2.45) is 0 Å². The number of rotatable bonds is 1. The van der Waals surface area contributed by atoms with Gasteiger partial charge < -0.3 is 9.47 Å². The van der Waals surface area contributed by atoms with Crippen LogP contribution in [0.2, 0.25) is 0 Å². The van der Waals surface area contributed by atoms with Crippen LogP contribution in [0.3, 0.4) is 0 Å². The summed E-state index contributed by atoms with van der Waals surface area (Å²) in [4.78, 5) is 0. The molecule has 1 heterocycles. The zero-order valence-electron chi connectivity index (χ0n) is 10.5. The van der Waals surface area contributed by atoms with E-state index in [1.54, 1.807) is 0 Å². The van der Waals surface area contributed by atoms with Crippen molar-refractivity contribution in [1.29, 1.82) is 0 Å². The highest BCUT2D eigenvalue weighted by Crippen LogP contribution is 2.28. The van der Waals surface area contributed by atoms with Crippen molar-refractivity contribution >= 4 is 11.6 Å². The molecule has 0 aromatic heterocycles. The Labute approximate surface area is 112 Å². The molecule has 2 nitrogen and oxygen atoms in total. The zero-order valence-corrected chi connectivity index (χ0v) is 10.5. The zero-order chi connectivity index (χ0) is 13.1. The highest BCUT2D eigenvalue weighted by Gasteiger charge is 2.11. The second kappa shape index (κ2) is 5.02. The molecule has 0 bridgehead atoms. The van der Waals surface area contributed by atoms with Gasteiger partial charge in [0.05, 0.1) is 0 Å². The van der Waals surface area contributed by atoms with Gasteiger partial charge in [0.2, 0.25) is 0 Å². The van der Waals surface area contributed by atoms with E-state index in [0.717, 1.165) is 22.4 Å². The van der Waals surface area contributed by atoms with Crippen LogP contribution in [-0.4, -0.2) is 6.61 Å². The largest absolute Gasteiger partial charge is 0.461 e. The number of hydrogen-bond acceptors (Lipinski definition) is 2. The Hall–Kier alpha value is -2.48. The van der Waals surface area contributed by atoms with Gasteiger partial charge >= 0.3 is 0 Å². The van der Waals surface area contributed by atoms with Crippen LogP contribution in [0.4, 0.5) is 0 Å². The Bertz CT molecular complexity index is 627. The molecule has 0 fully saturated rings. The van der Waals surface area contributed by atoms with E-state index >= 15 is 0 Å². The van der Waals surface area contributed by atoms with Gasteiger partial charge in [0.1, 0.15) is 12.4 Å². The van der Waals surface area contributed by atoms with Crippen LogP contribution in [0.5, 0.6) is 5.75 Å². The Kier molecular flexibility index (Phi) is 3.07. The van der Waals surface area contributed by atoms with Gasteiger partial charge in [-0.15, -0.1) is 0 Å². The van der Waals surface area contributed by atoms with Crippen LogP contribution >= 0.6 is 0 Å². The third kappa shape index (κ3) is 2.52. The van der Waals surface area contributed by atoms with Crippen molar-refractivity contribution < 1.29 is 9.47 Å². The summed E-state index contributed by atoms with van der Waals surface area (Å²) in [5, 5.41) is 0. The Morgan fingerprint density at radius 2 is 1.63 bits per heavy atom. The molecule has 94 valence electrons. The van der Waals surface area contributed by atoms with Gasteiger partial charge in [-0.05, 0) is 29.9 Å². The summed E-state index contributed by atoms with van der Waals surface area (Å²) in [6.45, 7) is 4.23. The number of hydrogen-bond donors (Lipinski definition) is 0. The summed E-state index contributed by atoms with van der Waals surface area (Å²) in [7, 11) is 0. The molecule has 1 aliphatic heterocycles. The fourth-order valence-electron chi connectivity index (χ4n) is 2.05. The van der Waals surface area contributed by atoms with Crippen molar-refractivity contribution in [3.05, 3.63) is 78.2 Å². The van der Waals surface area contributed by atoms with Gasteiger partial charge in [-0.2, -0.15) is 0 Å². The molecule has 0 radical (unpaired) electrons. The first kappa shape index (κ1) is 11.6. The summed E-state index contributed by atoms with van der Waals surface area (Å²) in [6.07, 6.45) is 2.09. The minimum atomic E-state index is 0.328. The summed E-state index contributed by atoms with van der Waals surface area (Å²) in [5.41, 5.74) is 3.29. The molecule has 19 heavy (non-hydrogen) atoms. The fraction of sp³-hybridized carbons (Fsp3) is 0.0588. The summed E-state index contributed by atoms with van der Waals surface area (Å²) >= 11 is 0. The minimum Gasteiger partial charge on any atom is -0.461 e. The molecular formula is C17H14O2. The van der Waals surface area contributed by atoms with Crippen molar-refractivity contribution in [3.63, 3.8) is 0 Å². The molecule has 3 rings (SSSR count). The summed E-state index contributed by atoms with van der Waals surface area (Å²) < 4.78 is 11.1.